The van der Waals surface area contributed by atoms with E-state index in [-0.39, 0.29) is 51.7 Å². The van der Waals surface area contributed by atoms with E-state index in [1.807, 2.05) is 55.5 Å². The van der Waals surface area contributed by atoms with Gasteiger partial charge in [-0.3, -0.25) is 4.79 Å². The Bertz CT molecular complexity index is 1890. The first-order valence-electron chi connectivity index (χ1n) is 15.5. The van der Waals surface area contributed by atoms with Gasteiger partial charge in [-0.25, -0.2) is 9.80 Å². The number of aromatic hydroxyl groups is 1. The number of carbonyl (C=O) groups is 1. The number of urea groups is 1. The van der Waals surface area contributed by atoms with Crippen LogP contribution in [0.2, 0.25) is 10.0 Å². The van der Waals surface area contributed by atoms with Crippen LogP contribution in [0.4, 0.5) is 10.5 Å². The monoisotopic (exact) mass is 691 g/mol. The van der Waals surface area contributed by atoms with Crippen molar-refractivity contribution in [2.45, 2.75) is 60.0 Å². The van der Waals surface area contributed by atoms with Gasteiger partial charge in [0.1, 0.15) is 35.0 Å². The lowest BCUT2D eigenvalue weighted by atomic mass is 9.88. The quantitative estimate of drug-likeness (QED) is 0.161. The second-order valence-electron chi connectivity index (χ2n) is 12.6. The summed E-state index contributed by atoms with van der Waals surface area (Å²) in [5.41, 5.74) is 4.31. The number of methoxy groups -OCH3 is 1. The fourth-order valence-electron chi connectivity index (χ4n) is 5.29. The molecule has 1 atom stereocenters. The van der Waals surface area contributed by atoms with E-state index in [4.69, 9.17) is 37.8 Å². The zero-order chi connectivity index (χ0) is 34.6. The summed E-state index contributed by atoms with van der Waals surface area (Å²) >= 11 is 12.7. The first-order chi connectivity index (χ1) is 22.8. The van der Waals surface area contributed by atoms with Crippen LogP contribution in [0, 0.1) is 12.3 Å². The fourth-order valence-corrected chi connectivity index (χ4v) is 5.67. The van der Waals surface area contributed by atoms with Crippen molar-refractivity contribution in [2.24, 2.45) is 10.5 Å². The number of nitrogens with one attached hydrogen (secondary N) is 2. The van der Waals surface area contributed by atoms with Gasteiger partial charge in [0.05, 0.1) is 24.4 Å². The molecule has 48 heavy (non-hydrogen) atoms. The Labute approximate surface area is 289 Å². The molecule has 0 aliphatic carbocycles. The number of carbonyl (C=O) groups excluding carboxylic acids is 1. The summed E-state index contributed by atoms with van der Waals surface area (Å²) < 4.78 is 12.9. The molecule has 0 saturated carbocycles. The third-order valence-corrected chi connectivity index (χ3v) is 8.78. The van der Waals surface area contributed by atoms with Crippen LogP contribution in [0.3, 0.4) is 0 Å². The highest BCUT2D eigenvalue weighted by Crippen LogP contribution is 2.34. The molecule has 2 amide bonds. The van der Waals surface area contributed by atoms with Crippen LogP contribution < -0.4 is 30.7 Å². The molecule has 252 valence electrons. The Hall–Kier alpha value is -4.67. The Morgan fingerprint density at radius 1 is 1.04 bits per heavy atom. The lowest BCUT2D eigenvalue weighted by Gasteiger charge is -2.25. The number of benzene rings is 3. The molecular formula is C36H39Cl2N5O5. The molecule has 5 rings (SSSR count). The van der Waals surface area contributed by atoms with Gasteiger partial charge in [-0.1, -0.05) is 80.4 Å². The summed E-state index contributed by atoms with van der Waals surface area (Å²) in [5.74, 6) is 0.994. The highest BCUT2D eigenvalue weighted by Gasteiger charge is 2.34. The van der Waals surface area contributed by atoms with Gasteiger partial charge in [-0.2, -0.15) is 5.10 Å². The SMILES string of the molecule is COc1ccc(Cn2c(C)cc(OCc3ccccc3CNC(=O)NC3CC(C(C)(C)C)=NN3c3ccc(O)c(Cl)c3)c(Cl)c2=O)cc1. The molecule has 0 spiro atoms. The van der Waals surface area contributed by atoms with Gasteiger partial charge >= 0.3 is 6.03 Å². The molecule has 3 N–H and O–H groups in total. The molecule has 1 unspecified atom stereocenters. The lowest BCUT2D eigenvalue weighted by molar-refractivity contribution is 0.236. The third-order valence-electron chi connectivity index (χ3n) is 8.13. The molecule has 12 heteroatoms. The molecule has 1 aliphatic heterocycles. The van der Waals surface area contributed by atoms with Crippen molar-refractivity contribution in [1.29, 1.82) is 0 Å². The van der Waals surface area contributed by atoms with Gasteiger partial charge in [-0.05, 0) is 53.9 Å². The Kier molecular flexibility index (Phi) is 10.6. The van der Waals surface area contributed by atoms with E-state index >= 15 is 0 Å². The van der Waals surface area contributed by atoms with Crippen LogP contribution in [0.25, 0.3) is 0 Å². The minimum Gasteiger partial charge on any atom is -0.506 e. The number of amides is 2. The number of aryl methyl sites for hydroxylation is 1. The number of ether oxygens (including phenoxy) is 2. The summed E-state index contributed by atoms with van der Waals surface area (Å²) in [5, 5.41) is 22.5. The maximum Gasteiger partial charge on any atom is 0.316 e. The van der Waals surface area contributed by atoms with E-state index < -0.39 is 6.17 Å². The van der Waals surface area contributed by atoms with Crippen LogP contribution in [0.5, 0.6) is 17.2 Å². The number of hydrogen-bond acceptors (Lipinski definition) is 7. The summed E-state index contributed by atoms with van der Waals surface area (Å²) in [6.45, 7) is 8.76. The fraction of sp³-hybridized carbons (Fsp3) is 0.306. The first kappa shape index (κ1) is 34.7. The average Bonchev–Trinajstić information content (AvgIpc) is 3.49. The van der Waals surface area contributed by atoms with E-state index in [1.165, 1.54) is 6.07 Å². The van der Waals surface area contributed by atoms with Crippen LogP contribution in [-0.2, 0) is 19.7 Å². The average molecular weight is 693 g/mol. The highest BCUT2D eigenvalue weighted by atomic mass is 35.5. The van der Waals surface area contributed by atoms with Crippen molar-refractivity contribution in [2.75, 3.05) is 12.1 Å². The molecule has 0 radical (unpaired) electrons. The first-order valence-corrected chi connectivity index (χ1v) is 16.2. The summed E-state index contributed by atoms with van der Waals surface area (Å²) in [4.78, 5) is 26.4. The van der Waals surface area contributed by atoms with Gasteiger partial charge in [0.25, 0.3) is 5.56 Å². The Balaban J connectivity index is 1.23. The number of anilines is 1. The minimum absolute atomic E-state index is 0.00280. The second-order valence-corrected chi connectivity index (χ2v) is 13.4. The minimum atomic E-state index is -0.462. The van der Waals surface area contributed by atoms with E-state index in [2.05, 4.69) is 31.4 Å². The molecule has 3 aromatic carbocycles. The van der Waals surface area contributed by atoms with Crippen molar-refractivity contribution >= 4 is 40.6 Å². The smallest absolute Gasteiger partial charge is 0.316 e. The van der Waals surface area contributed by atoms with Crippen molar-refractivity contribution in [1.82, 2.24) is 15.2 Å². The van der Waals surface area contributed by atoms with Crippen LogP contribution >= 0.6 is 23.2 Å². The maximum absolute atomic E-state index is 13.2. The van der Waals surface area contributed by atoms with Crippen molar-refractivity contribution in [3.8, 4) is 17.2 Å². The Morgan fingerprint density at radius 2 is 1.75 bits per heavy atom. The zero-order valence-electron chi connectivity index (χ0n) is 27.5. The zero-order valence-corrected chi connectivity index (χ0v) is 29.0. The second kappa shape index (κ2) is 14.6. The largest absolute Gasteiger partial charge is 0.506 e. The van der Waals surface area contributed by atoms with Crippen LogP contribution in [-0.4, -0.2) is 34.7 Å². The molecule has 4 aromatic rings. The number of rotatable bonds is 10. The van der Waals surface area contributed by atoms with Crippen molar-refractivity contribution in [3.05, 3.63) is 116 Å². The van der Waals surface area contributed by atoms with E-state index in [0.29, 0.717) is 24.3 Å². The van der Waals surface area contributed by atoms with Gasteiger partial charge in [0.2, 0.25) is 0 Å². The highest BCUT2D eigenvalue weighted by molar-refractivity contribution is 6.32. The molecule has 1 aromatic heterocycles. The van der Waals surface area contributed by atoms with E-state index in [0.717, 1.165) is 28.2 Å². The number of phenolic OH excluding ortho intramolecular Hbond substituents is 1. The molecule has 0 fully saturated rings. The third kappa shape index (κ3) is 8.06. The predicted octanol–water partition coefficient (Wildman–Crippen LogP) is 7.24. The van der Waals surface area contributed by atoms with Gasteiger partial charge in [0.15, 0.2) is 0 Å². The lowest BCUT2D eigenvalue weighted by Crippen LogP contribution is -2.48. The number of nitrogens with zero attached hydrogens (tertiary/aromatic N) is 3. The molecule has 0 saturated heterocycles. The van der Waals surface area contributed by atoms with Gasteiger partial charge in [-0.15, -0.1) is 0 Å². The molecule has 2 heterocycles. The standard InChI is InChI=1S/C36H39Cl2N5O5/c1-22-16-30(33(38)34(45)42(22)20-23-10-13-27(47-5)14-11-23)48-21-25-9-7-6-8-24(25)19-39-35(46)40-32-18-31(36(2,3)4)41-43(32)26-12-15-29(44)28(37)17-26/h6-17,32,44H,18-21H2,1-5H3,(H2,39,40,46). The van der Waals surface area contributed by atoms with Crippen LogP contribution in [0.1, 0.15) is 49.6 Å². The maximum atomic E-state index is 13.2. The normalized spacial score (nSPS) is 14.4. The molecule has 10 nitrogen and oxygen atoms in total. The summed E-state index contributed by atoms with van der Waals surface area (Å²) in [6.07, 6.45) is 0.0504. The summed E-state index contributed by atoms with van der Waals surface area (Å²) in [6, 6.07) is 21.3. The topological polar surface area (TPSA) is 117 Å². The number of halogens is 2. The number of hydrazone groups is 1. The van der Waals surface area contributed by atoms with E-state index in [1.54, 1.807) is 34.9 Å². The Morgan fingerprint density at radius 3 is 2.42 bits per heavy atom. The number of phenols is 1. The van der Waals surface area contributed by atoms with Crippen LogP contribution in [0.15, 0.2) is 82.7 Å². The van der Waals surface area contributed by atoms with Crippen molar-refractivity contribution < 1.29 is 19.4 Å². The molecule has 1 aliphatic rings. The van der Waals surface area contributed by atoms with Crippen molar-refractivity contribution in [3.63, 3.8) is 0 Å². The molecule has 0 bridgehead atoms. The molecular weight excluding hydrogens is 653 g/mol. The number of aromatic nitrogens is 1. The predicted molar refractivity (Wildman–Crippen MR) is 190 cm³/mol. The van der Waals surface area contributed by atoms with Gasteiger partial charge in [0, 0.05) is 35.9 Å². The van der Waals surface area contributed by atoms with Gasteiger partial charge < -0.3 is 29.8 Å². The number of hydrogen-bond donors (Lipinski definition) is 3. The summed E-state index contributed by atoms with van der Waals surface area (Å²) in [7, 11) is 1.61. The van der Waals surface area contributed by atoms with E-state index in [9.17, 15) is 14.7 Å². The number of pyridine rings is 1.